The van der Waals surface area contributed by atoms with Gasteiger partial charge in [0, 0.05) is 12.5 Å². The van der Waals surface area contributed by atoms with Crippen LogP contribution in [0, 0.1) is 5.92 Å². The molecule has 11 nitrogen and oxygen atoms in total. The third kappa shape index (κ3) is 8.68. The van der Waals surface area contributed by atoms with Crippen LogP contribution in [0.4, 0.5) is 4.79 Å². The number of hydrogen-bond acceptors (Lipinski definition) is 7. The van der Waals surface area contributed by atoms with E-state index in [0.29, 0.717) is 32.2 Å². The van der Waals surface area contributed by atoms with E-state index < -0.39 is 51.2 Å². The summed E-state index contributed by atoms with van der Waals surface area (Å²) < 4.78 is 32.3. The van der Waals surface area contributed by atoms with Gasteiger partial charge in [-0.1, -0.05) is 44.8 Å². The Morgan fingerprint density at radius 3 is 2.50 bits per heavy atom. The second-order valence-corrected chi connectivity index (χ2v) is 14.0. The van der Waals surface area contributed by atoms with Crippen LogP contribution in [-0.4, -0.2) is 72.7 Å². The standard InChI is InChI=1S/C28H46N4O7S/c1-5-18-40(37,38)31-25(35)28-19-20(28)14-11-9-7-6-8-10-12-15-21(29-26(36)39-27(2,3)4)24(34)32-17-13-16-22(32)23(33)30-28/h11,14,20-22H,5-10,12-13,15-19H2,1-4H3,(H,29,36)(H,30,33)(H,31,35)/b14-11-/t20-,21?,22+,28-/m1/s1. The maximum Gasteiger partial charge on any atom is 0.408 e. The van der Waals surface area contributed by atoms with Crippen molar-refractivity contribution >= 4 is 33.8 Å². The first-order valence-electron chi connectivity index (χ1n) is 14.6. The van der Waals surface area contributed by atoms with Crippen molar-refractivity contribution in [3.63, 3.8) is 0 Å². The maximum atomic E-state index is 13.7. The number of allylic oxidation sites excluding steroid dienone is 1. The van der Waals surface area contributed by atoms with Gasteiger partial charge in [0.15, 0.2) is 0 Å². The Bertz CT molecular complexity index is 1080. The molecule has 4 atom stereocenters. The topological polar surface area (TPSA) is 151 Å². The highest BCUT2D eigenvalue weighted by Gasteiger charge is 2.61. The van der Waals surface area contributed by atoms with E-state index in [0.717, 1.165) is 38.5 Å². The average molecular weight is 583 g/mol. The minimum atomic E-state index is -3.83. The zero-order valence-electron chi connectivity index (χ0n) is 24.3. The van der Waals surface area contributed by atoms with Gasteiger partial charge in [-0.05, 0) is 65.7 Å². The zero-order valence-corrected chi connectivity index (χ0v) is 25.1. The molecule has 1 saturated heterocycles. The number of carbonyl (C=O) groups excluding carboxylic acids is 4. The summed E-state index contributed by atoms with van der Waals surface area (Å²) >= 11 is 0. The average Bonchev–Trinajstić information content (AvgIpc) is 3.30. The Balaban J connectivity index is 1.84. The number of fused-ring (bicyclic) bond motifs is 2. The van der Waals surface area contributed by atoms with E-state index >= 15 is 0 Å². The van der Waals surface area contributed by atoms with Crippen molar-refractivity contribution < 1.29 is 32.3 Å². The molecule has 1 unspecified atom stereocenters. The molecule has 3 rings (SSSR count). The van der Waals surface area contributed by atoms with Gasteiger partial charge in [0.1, 0.15) is 23.2 Å². The Morgan fingerprint density at radius 1 is 1.10 bits per heavy atom. The van der Waals surface area contributed by atoms with E-state index in [2.05, 4.69) is 15.4 Å². The fourth-order valence-corrected chi connectivity index (χ4v) is 6.55. The Hall–Kier alpha value is -2.63. The van der Waals surface area contributed by atoms with E-state index in [1.165, 1.54) is 4.90 Å². The summed E-state index contributed by atoms with van der Waals surface area (Å²) in [5.74, 6) is -2.13. The molecule has 3 aliphatic rings. The van der Waals surface area contributed by atoms with Crippen LogP contribution >= 0.6 is 0 Å². The molecule has 2 heterocycles. The van der Waals surface area contributed by atoms with Gasteiger partial charge in [0.05, 0.1) is 5.75 Å². The van der Waals surface area contributed by atoms with Crippen LogP contribution in [0.2, 0.25) is 0 Å². The molecule has 0 bridgehead atoms. The first kappa shape index (κ1) is 31.9. The quantitative estimate of drug-likeness (QED) is 0.422. The van der Waals surface area contributed by atoms with Gasteiger partial charge in [0.25, 0.3) is 5.91 Å². The largest absolute Gasteiger partial charge is 0.444 e. The van der Waals surface area contributed by atoms with Crippen molar-refractivity contribution in [2.24, 2.45) is 5.92 Å². The summed E-state index contributed by atoms with van der Waals surface area (Å²) in [6, 6.07) is -1.67. The number of amides is 4. The highest BCUT2D eigenvalue weighted by atomic mass is 32.2. The number of sulfonamides is 1. The summed E-state index contributed by atoms with van der Waals surface area (Å²) in [7, 11) is -3.83. The van der Waals surface area contributed by atoms with Gasteiger partial charge in [-0.25, -0.2) is 13.2 Å². The molecule has 4 amide bonds. The Labute approximate surface area is 238 Å². The van der Waals surface area contributed by atoms with E-state index in [4.69, 9.17) is 4.74 Å². The molecule has 0 aromatic heterocycles. The Kier molecular flexibility index (Phi) is 10.6. The van der Waals surface area contributed by atoms with Crippen molar-refractivity contribution in [2.45, 2.75) is 122 Å². The first-order valence-corrected chi connectivity index (χ1v) is 16.3. The Morgan fingerprint density at radius 2 is 1.80 bits per heavy atom. The highest BCUT2D eigenvalue weighted by molar-refractivity contribution is 7.90. The number of rotatable bonds is 5. The van der Waals surface area contributed by atoms with Gasteiger partial charge < -0.3 is 20.3 Å². The number of alkyl carbamates (subject to hydrolysis) is 1. The fraction of sp³-hybridized carbons (Fsp3) is 0.786. The molecule has 1 saturated carbocycles. The van der Waals surface area contributed by atoms with Crippen LogP contribution in [0.3, 0.4) is 0 Å². The summed E-state index contributed by atoms with van der Waals surface area (Å²) in [6.45, 7) is 7.29. The van der Waals surface area contributed by atoms with Crippen LogP contribution in [-0.2, 0) is 29.1 Å². The first-order chi connectivity index (χ1) is 18.8. The molecule has 12 heteroatoms. The van der Waals surface area contributed by atoms with Gasteiger partial charge >= 0.3 is 6.09 Å². The van der Waals surface area contributed by atoms with Crippen LogP contribution in [0.25, 0.3) is 0 Å². The lowest BCUT2D eigenvalue weighted by Gasteiger charge is -2.30. The fourth-order valence-electron chi connectivity index (χ4n) is 5.45. The van der Waals surface area contributed by atoms with Gasteiger partial charge in [-0.2, -0.15) is 0 Å². The SMILES string of the molecule is CCCS(=O)(=O)NC(=O)[C@@]12C[C@H]1/C=C\CCCCCCCC(NC(=O)OC(C)(C)C)C(=O)N1CCC[C@H]1C(=O)N2. The third-order valence-electron chi connectivity index (χ3n) is 7.55. The molecule has 0 aromatic carbocycles. The van der Waals surface area contributed by atoms with Gasteiger partial charge in [-0.15, -0.1) is 0 Å². The van der Waals surface area contributed by atoms with E-state index in [1.54, 1.807) is 27.7 Å². The highest BCUT2D eigenvalue weighted by Crippen LogP contribution is 2.45. The smallest absolute Gasteiger partial charge is 0.408 e. The van der Waals surface area contributed by atoms with E-state index in [9.17, 15) is 27.6 Å². The predicted octanol–water partition coefficient (Wildman–Crippen LogP) is 2.90. The van der Waals surface area contributed by atoms with E-state index in [-0.39, 0.29) is 24.0 Å². The monoisotopic (exact) mass is 582 g/mol. The number of hydrogen-bond donors (Lipinski definition) is 3. The predicted molar refractivity (Wildman–Crippen MR) is 151 cm³/mol. The minimum Gasteiger partial charge on any atom is -0.444 e. The summed E-state index contributed by atoms with van der Waals surface area (Å²) in [6.07, 6.45) is 10.7. The van der Waals surface area contributed by atoms with Crippen molar-refractivity contribution in [2.75, 3.05) is 12.3 Å². The number of nitrogens with zero attached hydrogens (tertiary/aromatic N) is 1. The van der Waals surface area contributed by atoms with Gasteiger partial charge in [0.2, 0.25) is 21.8 Å². The van der Waals surface area contributed by atoms with Crippen LogP contribution in [0.5, 0.6) is 0 Å². The normalized spacial score (nSPS) is 29.3. The van der Waals surface area contributed by atoms with Crippen molar-refractivity contribution in [3.05, 3.63) is 12.2 Å². The third-order valence-corrected chi connectivity index (χ3v) is 8.99. The van der Waals surface area contributed by atoms with Crippen LogP contribution in [0.1, 0.15) is 98.3 Å². The molecule has 40 heavy (non-hydrogen) atoms. The lowest BCUT2D eigenvalue weighted by molar-refractivity contribution is -0.141. The zero-order chi connectivity index (χ0) is 29.6. The number of carbonyl (C=O) groups is 4. The lowest BCUT2D eigenvalue weighted by atomic mass is 10.0. The molecule has 0 radical (unpaired) electrons. The number of ether oxygens (including phenoxy) is 1. The molecule has 2 fully saturated rings. The summed E-state index contributed by atoms with van der Waals surface area (Å²) in [5.41, 5.74) is -2.11. The minimum absolute atomic E-state index is 0.194. The summed E-state index contributed by atoms with van der Waals surface area (Å²) in [5, 5.41) is 5.55. The molecule has 3 N–H and O–H groups in total. The van der Waals surface area contributed by atoms with Gasteiger partial charge in [-0.3, -0.25) is 19.1 Å². The number of nitrogens with one attached hydrogen (secondary N) is 3. The second-order valence-electron chi connectivity index (χ2n) is 12.2. The maximum absolute atomic E-state index is 13.7. The van der Waals surface area contributed by atoms with E-state index in [1.807, 2.05) is 12.2 Å². The molecule has 0 aromatic rings. The van der Waals surface area contributed by atoms with Crippen LogP contribution < -0.4 is 15.4 Å². The van der Waals surface area contributed by atoms with Crippen molar-refractivity contribution in [1.29, 1.82) is 0 Å². The van der Waals surface area contributed by atoms with Crippen molar-refractivity contribution in [3.8, 4) is 0 Å². The molecule has 1 aliphatic carbocycles. The molecular formula is C28H46N4O7S. The summed E-state index contributed by atoms with van der Waals surface area (Å²) in [4.78, 5) is 54.6. The van der Waals surface area contributed by atoms with Crippen molar-refractivity contribution in [1.82, 2.24) is 20.3 Å². The molecule has 2 aliphatic heterocycles. The molecular weight excluding hydrogens is 536 g/mol. The van der Waals surface area contributed by atoms with Crippen LogP contribution in [0.15, 0.2) is 12.2 Å². The second kappa shape index (κ2) is 13.4. The lowest BCUT2D eigenvalue weighted by Crippen LogP contribution is -2.58. The molecule has 226 valence electrons. The molecule has 0 spiro atoms.